The number of carbonyl (C=O) groups excluding carboxylic acids is 3. The minimum atomic E-state index is -0.00108. The molecule has 0 aliphatic carbocycles. The number of carbonyl (C=O) groups is 3. The van der Waals surface area contributed by atoms with Gasteiger partial charge in [-0.05, 0) is 17.2 Å². The Hall–Kier alpha value is -2.37. The van der Waals surface area contributed by atoms with E-state index in [1.165, 1.54) is 0 Å². The molecule has 1 aromatic rings. The molecule has 1 aromatic carbocycles. The highest BCUT2D eigenvalue weighted by atomic mass is 16.2. The number of amides is 3. The van der Waals surface area contributed by atoms with E-state index in [2.05, 4.69) is 5.32 Å². The van der Waals surface area contributed by atoms with Crippen LogP contribution in [0.1, 0.15) is 18.1 Å². The second-order valence-electron chi connectivity index (χ2n) is 5.78. The van der Waals surface area contributed by atoms with Crippen molar-refractivity contribution in [3.05, 3.63) is 29.3 Å². The Labute approximate surface area is 129 Å². The Morgan fingerprint density at radius 2 is 1.82 bits per heavy atom. The Morgan fingerprint density at radius 3 is 2.50 bits per heavy atom. The van der Waals surface area contributed by atoms with E-state index in [-0.39, 0.29) is 17.7 Å². The summed E-state index contributed by atoms with van der Waals surface area (Å²) in [6.07, 6.45) is 0.718. The lowest BCUT2D eigenvalue weighted by molar-refractivity contribution is -0.138. The lowest BCUT2D eigenvalue weighted by atomic mass is 10.1. The molecular formula is C16H19N3O3. The van der Waals surface area contributed by atoms with Crippen molar-refractivity contribution in [2.75, 3.05) is 31.5 Å². The molecule has 0 spiro atoms. The predicted octanol–water partition coefficient (Wildman–Crippen LogP) is 0.414. The molecule has 6 nitrogen and oxygen atoms in total. The zero-order valence-corrected chi connectivity index (χ0v) is 12.6. The average Bonchev–Trinajstić information content (AvgIpc) is 2.86. The normalized spacial score (nSPS) is 17.2. The fourth-order valence-electron chi connectivity index (χ4n) is 2.95. The zero-order valence-electron chi connectivity index (χ0n) is 12.6. The number of piperazine rings is 1. The van der Waals surface area contributed by atoms with Crippen molar-refractivity contribution in [3.8, 4) is 0 Å². The van der Waals surface area contributed by atoms with Crippen LogP contribution in [0.2, 0.25) is 0 Å². The molecule has 0 radical (unpaired) electrons. The highest BCUT2D eigenvalue weighted by Crippen LogP contribution is 2.24. The van der Waals surface area contributed by atoms with E-state index < -0.39 is 0 Å². The van der Waals surface area contributed by atoms with Crippen molar-refractivity contribution >= 4 is 23.4 Å². The summed E-state index contributed by atoms with van der Waals surface area (Å²) in [5, 5.41) is 2.78. The van der Waals surface area contributed by atoms with Crippen LogP contribution in [0.15, 0.2) is 18.2 Å². The van der Waals surface area contributed by atoms with Crippen LogP contribution >= 0.6 is 0 Å². The first kappa shape index (κ1) is 14.6. The zero-order chi connectivity index (χ0) is 15.7. The molecule has 2 aliphatic rings. The van der Waals surface area contributed by atoms with Gasteiger partial charge in [-0.2, -0.15) is 0 Å². The van der Waals surface area contributed by atoms with Gasteiger partial charge in [0.05, 0.1) is 12.8 Å². The predicted molar refractivity (Wildman–Crippen MR) is 81.3 cm³/mol. The molecule has 3 amide bonds. The molecule has 0 aromatic heterocycles. The van der Waals surface area contributed by atoms with Crippen molar-refractivity contribution in [3.63, 3.8) is 0 Å². The maximum Gasteiger partial charge on any atom is 0.228 e. The molecule has 116 valence electrons. The molecule has 0 unspecified atom stereocenters. The van der Waals surface area contributed by atoms with Crippen molar-refractivity contribution in [2.24, 2.45) is 0 Å². The molecule has 0 bridgehead atoms. The first-order valence-corrected chi connectivity index (χ1v) is 7.48. The van der Waals surface area contributed by atoms with Gasteiger partial charge in [-0.25, -0.2) is 0 Å². The summed E-state index contributed by atoms with van der Waals surface area (Å²) in [4.78, 5) is 38.5. The standard InChI is InChI=1S/C16H19N3O3/c1-11(20)18-4-6-19(7-5-18)16(22)9-12-2-3-14-13(8-12)10-15(21)17-14/h2-3,8H,4-7,9-10H2,1H3,(H,17,21). The Bertz CT molecular complexity index is 634. The molecule has 0 saturated carbocycles. The maximum atomic E-state index is 12.3. The number of hydrogen-bond donors (Lipinski definition) is 1. The smallest absolute Gasteiger partial charge is 0.228 e. The van der Waals surface area contributed by atoms with Crippen LogP contribution in [0.25, 0.3) is 0 Å². The van der Waals surface area contributed by atoms with E-state index in [1.54, 1.807) is 16.7 Å². The van der Waals surface area contributed by atoms with E-state index in [4.69, 9.17) is 0 Å². The first-order chi connectivity index (χ1) is 10.5. The third-order valence-corrected chi connectivity index (χ3v) is 4.23. The number of anilines is 1. The van der Waals surface area contributed by atoms with E-state index in [9.17, 15) is 14.4 Å². The number of rotatable bonds is 2. The number of hydrogen-bond acceptors (Lipinski definition) is 3. The summed E-state index contributed by atoms with van der Waals surface area (Å²) in [7, 11) is 0. The molecule has 2 aliphatic heterocycles. The van der Waals surface area contributed by atoms with Crippen LogP contribution < -0.4 is 5.32 Å². The van der Waals surface area contributed by atoms with Crippen LogP contribution in [0.3, 0.4) is 0 Å². The first-order valence-electron chi connectivity index (χ1n) is 7.48. The van der Waals surface area contributed by atoms with E-state index in [0.29, 0.717) is 39.0 Å². The minimum Gasteiger partial charge on any atom is -0.339 e. The summed E-state index contributed by atoms with van der Waals surface area (Å²) >= 11 is 0. The second kappa shape index (κ2) is 5.79. The van der Waals surface area contributed by atoms with E-state index >= 15 is 0 Å². The largest absolute Gasteiger partial charge is 0.339 e. The molecule has 6 heteroatoms. The van der Waals surface area contributed by atoms with Crippen molar-refractivity contribution in [2.45, 2.75) is 19.8 Å². The molecule has 1 fully saturated rings. The van der Waals surface area contributed by atoms with Crippen LogP contribution in [0.4, 0.5) is 5.69 Å². The third kappa shape index (κ3) is 2.95. The van der Waals surface area contributed by atoms with Gasteiger partial charge in [0.1, 0.15) is 0 Å². The SMILES string of the molecule is CC(=O)N1CCN(C(=O)Cc2ccc3c(c2)CC(=O)N3)CC1. The number of nitrogens with one attached hydrogen (secondary N) is 1. The van der Waals surface area contributed by atoms with Crippen molar-refractivity contribution in [1.82, 2.24) is 9.80 Å². The van der Waals surface area contributed by atoms with Gasteiger partial charge in [-0.15, -0.1) is 0 Å². The van der Waals surface area contributed by atoms with Gasteiger partial charge in [0, 0.05) is 38.8 Å². The van der Waals surface area contributed by atoms with Gasteiger partial charge in [0.25, 0.3) is 0 Å². The molecule has 0 atom stereocenters. The topological polar surface area (TPSA) is 69.7 Å². The van der Waals surface area contributed by atoms with Gasteiger partial charge in [0.2, 0.25) is 17.7 Å². The summed E-state index contributed by atoms with van der Waals surface area (Å²) in [6.45, 7) is 3.93. The van der Waals surface area contributed by atoms with Gasteiger partial charge in [-0.3, -0.25) is 14.4 Å². The van der Waals surface area contributed by atoms with Gasteiger partial charge in [0.15, 0.2) is 0 Å². The highest BCUT2D eigenvalue weighted by molar-refractivity contribution is 5.99. The fourth-order valence-corrected chi connectivity index (χ4v) is 2.95. The van der Waals surface area contributed by atoms with E-state index in [0.717, 1.165) is 16.8 Å². The van der Waals surface area contributed by atoms with Crippen LogP contribution in [-0.4, -0.2) is 53.7 Å². The van der Waals surface area contributed by atoms with Crippen LogP contribution in [0, 0.1) is 0 Å². The number of fused-ring (bicyclic) bond motifs is 1. The van der Waals surface area contributed by atoms with Gasteiger partial charge < -0.3 is 15.1 Å². The fraction of sp³-hybridized carbons (Fsp3) is 0.438. The van der Waals surface area contributed by atoms with Crippen molar-refractivity contribution in [1.29, 1.82) is 0 Å². The number of nitrogens with zero attached hydrogens (tertiary/aromatic N) is 2. The Morgan fingerprint density at radius 1 is 1.14 bits per heavy atom. The summed E-state index contributed by atoms with van der Waals surface area (Å²) in [6, 6.07) is 5.67. The quantitative estimate of drug-likeness (QED) is 0.860. The van der Waals surface area contributed by atoms with Crippen molar-refractivity contribution < 1.29 is 14.4 Å². The van der Waals surface area contributed by atoms with E-state index in [1.807, 2.05) is 18.2 Å². The van der Waals surface area contributed by atoms with Crippen LogP contribution in [-0.2, 0) is 27.2 Å². The molecule has 22 heavy (non-hydrogen) atoms. The molecule has 1 saturated heterocycles. The highest BCUT2D eigenvalue weighted by Gasteiger charge is 2.23. The second-order valence-corrected chi connectivity index (χ2v) is 5.78. The minimum absolute atomic E-state index is 0.00108. The molecule has 2 heterocycles. The molecular weight excluding hydrogens is 282 g/mol. The molecule has 1 N–H and O–H groups in total. The van der Waals surface area contributed by atoms with Crippen LogP contribution in [0.5, 0.6) is 0 Å². The monoisotopic (exact) mass is 301 g/mol. The number of benzene rings is 1. The summed E-state index contributed by atoms with van der Waals surface area (Å²) in [5.74, 6) is 0.127. The Balaban J connectivity index is 1.60. The van der Waals surface area contributed by atoms with Gasteiger partial charge >= 0.3 is 0 Å². The summed E-state index contributed by atoms with van der Waals surface area (Å²) < 4.78 is 0. The van der Waals surface area contributed by atoms with Gasteiger partial charge in [-0.1, -0.05) is 12.1 Å². The average molecular weight is 301 g/mol. The summed E-state index contributed by atoms with van der Waals surface area (Å²) in [5.41, 5.74) is 2.72. The maximum absolute atomic E-state index is 12.3. The molecule has 3 rings (SSSR count). The lowest BCUT2D eigenvalue weighted by Crippen LogP contribution is -2.50. The lowest BCUT2D eigenvalue weighted by Gasteiger charge is -2.34. The Kier molecular flexibility index (Phi) is 3.83. The third-order valence-electron chi connectivity index (χ3n) is 4.23.